The van der Waals surface area contributed by atoms with Crippen molar-refractivity contribution in [3.8, 4) is 0 Å². The largest absolute Gasteiger partial charge is 0.357 e. The number of urea groups is 1. The number of ketones is 1. The van der Waals surface area contributed by atoms with Crippen molar-refractivity contribution in [3.05, 3.63) is 57.9 Å². The number of carbonyl (C=O) groups excluding carboxylic acids is 2. The second kappa shape index (κ2) is 7.67. The Balaban J connectivity index is 1.94. The van der Waals surface area contributed by atoms with Crippen molar-refractivity contribution in [2.45, 2.75) is 46.1 Å². The highest BCUT2D eigenvalue weighted by Gasteiger charge is 2.43. The minimum atomic E-state index is -0.429. The molecule has 0 saturated carbocycles. The van der Waals surface area contributed by atoms with E-state index in [9.17, 15) is 9.59 Å². The number of amides is 2. The van der Waals surface area contributed by atoms with Gasteiger partial charge in [0, 0.05) is 29.1 Å². The Morgan fingerprint density at radius 3 is 2.76 bits per heavy atom. The lowest BCUT2D eigenvalue weighted by molar-refractivity contribution is -0.118. The molecule has 2 N–H and O–H groups in total. The van der Waals surface area contributed by atoms with E-state index in [1.54, 1.807) is 16.2 Å². The van der Waals surface area contributed by atoms with E-state index in [0.717, 1.165) is 40.4 Å². The van der Waals surface area contributed by atoms with Gasteiger partial charge >= 0.3 is 6.03 Å². The molecule has 29 heavy (non-hydrogen) atoms. The summed E-state index contributed by atoms with van der Waals surface area (Å²) in [6, 6.07) is 11.2. The molecular formula is C23H27N3O2S. The molecule has 4 rings (SSSR count). The topological polar surface area (TPSA) is 61.4 Å². The number of anilines is 2. The van der Waals surface area contributed by atoms with Gasteiger partial charge in [-0.2, -0.15) is 0 Å². The second-order valence-electron chi connectivity index (χ2n) is 8.50. The summed E-state index contributed by atoms with van der Waals surface area (Å²) in [5.41, 5.74) is 3.19. The molecule has 0 spiro atoms. The van der Waals surface area contributed by atoms with Crippen molar-refractivity contribution in [1.82, 2.24) is 5.32 Å². The van der Waals surface area contributed by atoms with Crippen molar-refractivity contribution in [2.75, 3.05) is 16.8 Å². The van der Waals surface area contributed by atoms with E-state index in [2.05, 4.69) is 24.5 Å². The number of thiophene rings is 1. The summed E-state index contributed by atoms with van der Waals surface area (Å²) in [4.78, 5) is 29.5. The second-order valence-corrected chi connectivity index (χ2v) is 9.47. The summed E-state index contributed by atoms with van der Waals surface area (Å²) in [6.45, 7) is 6.87. The first-order valence-electron chi connectivity index (χ1n) is 10.1. The van der Waals surface area contributed by atoms with E-state index in [1.165, 1.54) is 0 Å². The van der Waals surface area contributed by atoms with Crippen LogP contribution in [0, 0.1) is 5.41 Å². The smallest absolute Gasteiger partial charge is 0.322 e. The van der Waals surface area contributed by atoms with E-state index >= 15 is 0 Å². The quantitative estimate of drug-likeness (QED) is 0.705. The minimum Gasteiger partial charge on any atom is -0.357 e. The molecule has 2 amide bonds. The Morgan fingerprint density at radius 2 is 2.03 bits per heavy atom. The Bertz CT molecular complexity index is 962. The van der Waals surface area contributed by atoms with Crippen molar-refractivity contribution >= 4 is 34.5 Å². The van der Waals surface area contributed by atoms with Gasteiger partial charge in [-0.3, -0.25) is 9.69 Å². The van der Waals surface area contributed by atoms with Crippen LogP contribution >= 0.6 is 11.3 Å². The number of nitrogens with zero attached hydrogens (tertiary/aromatic N) is 1. The molecule has 1 aliphatic heterocycles. The third-order valence-corrected chi connectivity index (χ3v) is 6.38. The van der Waals surface area contributed by atoms with E-state index in [0.29, 0.717) is 13.0 Å². The molecular weight excluding hydrogens is 382 g/mol. The van der Waals surface area contributed by atoms with Crippen LogP contribution in [0.3, 0.4) is 0 Å². The molecule has 2 aliphatic rings. The summed E-state index contributed by atoms with van der Waals surface area (Å²) >= 11 is 1.58. The van der Waals surface area contributed by atoms with E-state index in [4.69, 9.17) is 0 Å². The predicted molar refractivity (Wildman–Crippen MR) is 118 cm³/mol. The summed E-state index contributed by atoms with van der Waals surface area (Å²) in [5, 5.41) is 8.54. The summed E-state index contributed by atoms with van der Waals surface area (Å²) < 4.78 is 0. The summed E-state index contributed by atoms with van der Waals surface area (Å²) in [7, 11) is 0. The lowest BCUT2D eigenvalue weighted by atomic mass is 9.74. The normalized spacial score (nSPS) is 20.4. The first-order valence-corrected chi connectivity index (χ1v) is 11.0. The maximum atomic E-state index is 13.4. The highest BCUT2D eigenvalue weighted by Crippen LogP contribution is 2.48. The molecule has 6 heteroatoms. The Labute approximate surface area is 175 Å². The average molecular weight is 410 g/mol. The zero-order valence-corrected chi connectivity index (χ0v) is 17.9. The minimum absolute atomic E-state index is 0.114. The van der Waals surface area contributed by atoms with Gasteiger partial charge in [-0.1, -0.05) is 39.0 Å². The van der Waals surface area contributed by atoms with Crippen molar-refractivity contribution in [1.29, 1.82) is 0 Å². The molecule has 1 aromatic heterocycles. The summed E-state index contributed by atoms with van der Waals surface area (Å²) in [5.74, 6) is 0.114. The van der Waals surface area contributed by atoms with Crippen LogP contribution in [0.1, 0.15) is 51.0 Å². The molecule has 2 heterocycles. The first kappa shape index (κ1) is 19.7. The lowest BCUT2D eigenvalue weighted by Gasteiger charge is -2.36. The molecule has 1 aromatic carbocycles. The van der Waals surface area contributed by atoms with Gasteiger partial charge in [-0.15, -0.1) is 11.3 Å². The fraction of sp³-hybridized carbons (Fsp3) is 0.391. The first-order chi connectivity index (χ1) is 13.9. The van der Waals surface area contributed by atoms with Gasteiger partial charge in [0.25, 0.3) is 0 Å². The molecule has 0 saturated heterocycles. The number of hydrogen-bond acceptors (Lipinski definition) is 4. The van der Waals surface area contributed by atoms with Gasteiger partial charge in [0.1, 0.15) is 6.04 Å². The number of fused-ring (bicyclic) bond motifs is 1. The van der Waals surface area contributed by atoms with Crippen LogP contribution in [-0.4, -0.2) is 18.4 Å². The van der Waals surface area contributed by atoms with E-state index in [1.807, 2.05) is 48.7 Å². The standard InChI is InChI=1S/C23H27N3O2S/c1-4-11-24-22(28)26-17-9-6-5-8-15(17)25-16-13-23(2,3)14-18(27)20(16)21(26)19-10-7-12-29-19/h5-10,12,21,25H,4,11,13-14H2,1-3H3,(H,24,28)/t21-/m1/s1. The number of benzene rings is 1. The monoisotopic (exact) mass is 409 g/mol. The van der Waals surface area contributed by atoms with Crippen molar-refractivity contribution in [2.24, 2.45) is 5.41 Å². The Kier molecular flexibility index (Phi) is 5.21. The number of para-hydroxylation sites is 2. The molecule has 0 fully saturated rings. The fourth-order valence-corrected chi connectivity index (χ4v) is 5.07. The van der Waals surface area contributed by atoms with Crippen LogP contribution in [0.25, 0.3) is 0 Å². The van der Waals surface area contributed by atoms with Gasteiger partial charge in [0.2, 0.25) is 0 Å². The number of nitrogens with one attached hydrogen (secondary N) is 2. The van der Waals surface area contributed by atoms with E-state index < -0.39 is 6.04 Å². The van der Waals surface area contributed by atoms with Crippen LogP contribution in [-0.2, 0) is 4.79 Å². The predicted octanol–water partition coefficient (Wildman–Crippen LogP) is 5.48. The van der Waals surface area contributed by atoms with Crippen LogP contribution in [0.4, 0.5) is 16.2 Å². The molecule has 2 aromatic rings. The van der Waals surface area contributed by atoms with Gasteiger partial charge in [-0.25, -0.2) is 4.79 Å². The molecule has 1 atom stereocenters. The van der Waals surface area contributed by atoms with Crippen LogP contribution in [0.2, 0.25) is 0 Å². The molecule has 0 bridgehead atoms. The zero-order chi connectivity index (χ0) is 20.6. The molecule has 0 unspecified atom stereocenters. The van der Waals surface area contributed by atoms with Gasteiger partial charge in [0.15, 0.2) is 5.78 Å². The van der Waals surface area contributed by atoms with E-state index in [-0.39, 0.29) is 17.2 Å². The lowest BCUT2D eigenvalue weighted by Crippen LogP contribution is -2.44. The number of rotatable bonds is 3. The third-order valence-electron chi connectivity index (χ3n) is 5.46. The maximum absolute atomic E-state index is 13.4. The van der Waals surface area contributed by atoms with Gasteiger partial charge < -0.3 is 10.6 Å². The number of carbonyl (C=O) groups is 2. The summed E-state index contributed by atoms with van der Waals surface area (Å²) in [6.07, 6.45) is 2.11. The third kappa shape index (κ3) is 3.69. The number of allylic oxidation sites excluding steroid dienone is 1. The zero-order valence-electron chi connectivity index (χ0n) is 17.1. The van der Waals surface area contributed by atoms with Gasteiger partial charge in [0.05, 0.1) is 11.4 Å². The van der Waals surface area contributed by atoms with Crippen molar-refractivity contribution < 1.29 is 9.59 Å². The maximum Gasteiger partial charge on any atom is 0.322 e. The van der Waals surface area contributed by atoms with Crippen molar-refractivity contribution in [3.63, 3.8) is 0 Å². The SMILES string of the molecule is CCCNC(=O)N1c2ccccc2NC2=C(C(=O)CC(C)(C)C2)[C@H]1c1cccs1. The highest BCUT2D eigenvalue weighted by atomic mass is 32.1. The number of Topliss-reactive ketones (excluding diaryl/α,β-unsaturated/α-hetero) is 1. The highest BCUT2D eigenvalue weighted by molar-refractivity contribution is 7.10. The Hall–Kier alpha value is -2.60. The fourth-order valence-electron chi connectivity index (χ4n) is 4.24. The molecule has 0 radical (unpaired) electrons. The Morgan fingerprint density at radius 1 is 1.24 bits per heavy atom. The molecule has 1 aliphatic carbocycles. The van der Waals surface area contributed by atoms with Crippen LogP contribution in [0.15, 0.2) is 53.0 Å². The molecule has 5 nitrogen and oxygen atoms in total. The molecule has 152 valence electrons. The van der Waals surface area contributed by atoms with Crippen LogP contribution in [0.5, 0.6) is 0 Å². The van der Waals surface area contributed by atoms with Crippen LogP contribution < -0.4 is 15.5 Å². The average Bonchev–Trinajstić information content (AvgIpc) is 3.15. The van der Waals surface area contributed by atoms with Gasteiger partial charge in [-0.05, 0) is 41.8 Å². The number of hydrogen-bond donors (Lipinski definition) is 2.